The van der Waals surface area contributed by atoms with Crippen LogP contribution >= 0.6 is 0 Å². The van der Waals surface area contributed by atoms with E-state index in [1.165, 1.54) is 0 Å². The van der Waals surface area contributed by atoms with E-state index in [-0.39, 0.29) is 12.6 Å². The van der Waals surface area contributed by atoms with Crippen LogP contribution in [0.25, 0.3) is 0 Å². The van der Waals surface area contributed by atoms with Crippen LogP contribution in [0.3, 0.4) is 0 Å². The zero-order valence-electron chi connectivity index (χ0n) is 12.9. The van der Waals surface area contributed by atoms with Crippen LogP contribution in [0.5, 0.6) is 0 Å². The molecule has 0 saturated carbocycles. The van der Waals surface area contributed by atoms with Gasteiger partial charge in [0.25, 0.3) is 0 Å². The van der Waals surface area contributed by atoms with Crippen molar-refractivity contribution in [3.63, 3.8) is 0 Å². The molecule has 0 spiro atoms. The van der Waals surface area contributed by atoms with Gasteiger partial charge in [-0.3, -0.25) is 0 Å². The van der Waals surface area contributed by atoms with E-state index in [0.717, 1.165) is 18.8 Å². The van der Waals surface area contributed by atoms with Gasteiger partial charge in [-0.1, -0.05) is 18.2 Å². The Labute approximate surface area is 121 Å². The number of benzene rings is 1. The van der Waals surface area contributed by atoms with E-state index in [1.54, 1.807) is 0 Å². The van der Waals surface area contributed by atoms with Crippen molar-refractivity contribution in [3.8, 4) is 0 Å². The maximum Gasteiger partial charge on any atom is 0.332 e. The van der Waals surface area contributed by atoms with Crippen molar-refractivity contribution in [2.24, 2.45) is 0 Å². The first-order valence-corrected chi connectivity index (χ1v) is 7.02. The van der Waals surface area contributed by atoms with Crippen LogP contribution in [0.15, 0.2) is 30.3 Å². The Kier molecular flexibility index (Phi) is 6.52. The second-order valence-electron chi connectivity index (χ2n) is 5.55. The Hall–Kier alpha value is -1.55. The van der Waals surface area contributed by atoms with Gasteiger partial charge < -0.3 is 14.4 Å². The molecule has 4 nitrogen and oxygen atoms in total. The quantitative estimate of drug-likeness (QED) is 0.568. The molecule has 0 heterocycles. The summed E-state index contributed by atoms with van der Waals surface area (Å²) >= 11 is 0. The van der Waals surface area contributed by atoms with Crippen LogP contribution in [0.4, 0.5) is 5.69 Å². The van der Waals surface area contributed by atoms with E-state index in [2.05, 4.69) is 24.0 Å². The lowest BCUT2D eigenvalue weighted by Crippen LogP contribution is -2.30. The largest absolute Gasteiger partial charge is 0.458 e. The number of carbonyl (C=O) groups excluding carboxylic acids is 1. The fraction of sp³-hybridized carbons (Fsp3) is 0.562. The topological polar surface area (TPSA) is 38.8 Å². The maximum absolute atomic E-state index is 11.5. The van der Waals surface area contributed by atoms with E-state index < -0.39 is 5.60 Å². The van der Waals surface area contributed by atoms with Crippen LogP contribution in [-0.4, -0.2) is 37.9 Å². The molecule has 20 heavy (non-hydrogen) atoms. The normalized spacial score (nSPS) is 11.2. The smallest absolute Gasteiger partial charge is 0.332 e. The first-order valence-electron chi connectivity index (χ1n) is 7.02. The predicted molar refractivity (Wildman–Crippen MR) is 81.0 cm³/mol. The highest BCUT2D eigenvalue weighted by atomic mass is 16.6. The summed E-state index contributed by atoms with van der Waals surface area (Å²) in [6.07, 6.45) is 0. The summed E-state index contributed by atoms with van der Waals surface area (Å²) in [4.78, 5) is 13.7. The summed E-state index contributed by atoms with van der Waals surface area (Å²) in [7, 11) is 0. The van der Waals surface area contributed by atoms with E-state index in [0.29, 0.717) is 6.61 Å². The van der Waals surface area contributed by atoms with Gasteiger partial charge in [-0.25, -0.2) is 4.79 Å². The predicted octanol–water partition coefficient (Wildman–Crippen LogP) is 2.87. The molecule has 0 N–H and O–H groups in total. The molecule has 0 saturated heterocycles. The molecule has 0 atom stereocenters. The van der Waals surface area contributed by atoms with Crippen molar-refractivity contribution in [2.75, 3.05) is 31.2 Å². The standard InChI is InChI=1S/C16H25NO3/c1-5-17(14-9-7-6-8-10-14)11-12-19-13-15(18)20-16(2,3)4/h6-10H,5,11-13H2,1-4H3. The third-order valence-corrected chi connectivity index (χ3v) is 2.65. The molecule has 0 amide bonds. The molecule has 4 heteroatoms. The molecule has 0 fully saturated rings. The summed E-state index contributed by atoms with van der Waals surface area (Å²) in [6.45, 7) is 9.80. The second-order valence-corrected chi connectivity index (χ2v) is 5.55. The van der Waals surface area contributed by atoms with E-state index in [1.807, 2.05) is 39.0 Å². The highest BCUT2D eigenvalue weighted by Crippen LogP contribution is 2.12. The number of hydrogen-bond donors (Lipinski definition) is 0. The Morgan fingerprint density at radius 1 is 1.20 bits per heavy atom. The number of carbonyl (C=O) groups is 1. The number of esters is 1. The van der Waals surface area contributed by atoms with Crippen molar-refractivity contribution < 1.29 is 14.3 Å². The van der Waals surface area contributed by atoms with E-state index >= 15 is 0 Å². The van der Waals surface area contributed by atoms with Gasteiger partial charge in [-0.15, -0.1) is 0 Å². The Morgan fingerprint density at radius 2 is 1.85 bits per heavy atom. The third kappa shape index (κ3) is 6.57. The fourth-order valence-electron chi connectivity index (χ4n) is 1.81. The number of nitrogens with zero attached hydrogens (tertiary/aromatic N) is 1. The van der Waals surface area contributed by atoms with Gasteiger partial charge in [0.1, 0.15) is 12.2 Å². The van der Waals surface area contributed by atoms with Crippen LogP contribution in [-0.2, 0) is 14.3 Å². The first kappa shape index (κ1) is 16.5. The van der Waals surface area contributed by atoms with E-state index in [9.17, 15) is 4.79 Å². The lowest BCUT2D eigenvalue weighted by atomic mass is 10.2. The van der Waals surface area contributed by atoms with Gasteiger partial charge in [0.15, 0.2) is 0 Å². The molecule has 0 aliphatic carbocycles. The average Bonchev–Trinajstić information content (AvgIpc) is 2.38. The van der Waals surface area contributed by atoms with Gasteiger partial charge >= 0.3 is 5.97 Å². The highest BCUT2D eigenvalue weighted by Gasteiger charge is 2.16. The molecule has 112 valence electrons. The first-order chi connectivity index (χ1) is 9.42. The Morgan fingerprint density at radius 3 is 2.40 bits per heavy atom. The van der Waals surface area contributed by atoms with Gasteiger partial charge in [-0.05, 0) is 39.8 Å². The minimum Gasteiger partial charge on any atom is -0.458 e. The minimum absolute atomic E-state index is 0.00359. The van der Waals surface area contributed by atoms with Crippen LogP contribution in [0.2, 0.25) is 0 Å². The molecule has 0 unspecified atom stereocenters. The molecule has 0 radical (unpaired) electrons. The summed E-state index contributed by atoms with van der Waals surface area (Å²) in [5.41, 5.74) is 0.704. The Balaban J connectivity index is 2.28. The van der Waals surface area contributed by atoms with Crippen molar-refractivity contribution in [1.82, 2.24) is 0 Å². The summed E-state index contributed by atoms with van der Waals surface area (Å²) in [6, 6.07) is 10.2. The molecular formula is C16H25NO3. The number of rotatable bonds is 7. The van der Waals surface area contributed by atoms with Gasteiger partial charge in [0, 0.05) is 18.8 Å². The number of hydrogen-bond acceptors (Lipinski definition) is 4. The van der Waals surface area contributed by atoms with Gasteiger partial charge in [0.2, 0.25) is 0 Å². The number of para-hydroxylation sites is 1. The number of anilines is 1. The third-order valence-electron chi connectivity index (χ3n) is 2.65. The van der Waals surface area contributed by atoms with Crippen LogP contribution in [0, 0.1) is 0 Å². The van der Waals surface area contributed by atoms with Crippen LogP contribution < -0.4 is 4.90 Å². The summed E-state index contributed by atoms with van der Waals surface area (Å²) in [5.74, 6) is -0.319. The molecule has 0 aromatic heterocycles. The molecule has 1 rings (SSSR count). The monoisotopic (exact) mass is 279 g/mol. The lowest BCUT2D eigenvalue weighted by molar-refractivity contribution is -0.160. The molecule has 1 aromatic rings. The summed E-state index contributed by atoms with van der Waals surface area (Å²) in [5, 5.41) is 0. The summed E-state index contributed by atoms with van der Waals surface area (Å²) < 4.78 is 10.6. The fourth-order valence-corrected chi connectivity index (χ4v) is 1.81. The zero-order valence-corrected chi connectivity index (χ0v) is 12.9. The minimum atomic E-state index is -0.458. The molecule has 0 aliphatic rings. The molecule has 0 aliphatic heterocycles. The highest BCUT2D eigenvalue weighted by molar-refractivity contribution is 5.71. The molecule has 1 aromatic carbocycles. The average molecular weight is 279 g/mol. The van der Waals surface area contributed by atoms with Gasteiger partial charge in [-0.2, -0.15) is 0 Å². The Bertz CT molecular complexity index is 398. The van der Waals surface area contributed by atoms with Gasteiger partial charge in [0.05, 0.1) is 6.61 Å². The molecule has 0 bridgehead atoms. The zero-order chi connectivity index (χ0) is 15.0. The maximum atomic E-state index is 11.5. The second kappa shape index (κ2) is 7.90. The van der Waals surface area contributed by atoms with Crippen molar-refractivity contribution in [1.29, 1.82) is 0 Å². The van der Waals surface area contributed by atoms with Crippen molar-refractivity contribution in [2.45, 2.75) is 33.3 Å². The van der Waals surface area contributed by atoms with E-state index in [4.69, 9.17) is 9.47 Å². The number of ether oxygens (including phenoxy) is 2. The van der Waals surface area contributed by atoms with Crippen molar-refractivity contribution >= 4 is 11.7 Å². The lowest BCUT2D eigenvalue weighted by Gasteiger charge is -2.23. The SMILES string of the molecule is CCN(CCOCC(=O)OC(C)(C)C)c1ccccc1. The number of likely N-dealkylation sites (N-methyl/N-ethyl adjacent to an activating group) is 1. The van der Waals surface area contributed by atoms with Crippen LogP contribution in [0.1, 0.15) is 27.7 Å². The molecular weight excluding hydrogens is 254 g/mol. The van der Waals surface area contributed by atoms with Crippen molar-refractivity contribution in [3.05, 3.63) is 30.3 Å².